The quantitative estimate of drug-likeness (QED) is 0.862. The molecule has 0 bridgehead atoms. The number of aromatic nitrogens is 2. The van der Waals surface area contributed by atoms with Crippen molar-refractivity contribution in [3.05, 3.63) is 11.4 Å². The Morgan fingerprint density at radius 1 is 1.40 bits per heavy atom. The Morgan fingerprint density at radius 3 is 2.75 bits per heavy atom. The predicted molar refractivity (Wildman–Crippen MR) is 80.1 cm³/mol. The van der Waals surface area contributed by atoms with E-state index in [9.17, 15) is 4.79 Å². The summed E-state index contributed by atoms with van der Waals surface area (Å²) in [7, 11) is 1.86. The van der Waals surface area contributed by atoms with Crippen molar-refractivity contribution in [2.75, 3.05) is 30.4 Å². The lowest BCUT2D eigenvalue weighted by atomic mass is 10.1. The van der Waals surface area contributed by atoms with Gasteiger partial charge in [-0.2, -0.15) is 0 Å². The van der Waals surface area contributed by atoms with Gasteiger partial charge in [-0.1, -0.05) is 13.8 Å². The minimum Gasteiger partial charge on any atom is -0.373 e. The molecule has 1 aliphatic rings. The first-order valence-corrected chi connectivity index (χ1v) is 7.21. The molecule has 6 nitrogen and oxygen atoms in total. The number of hydrogen-bond donors (Lipinski definition) is 2. The van der Waals surface area contributed by atoms with E-state index in [0.29, 0.717) is 6.54 Å². The number of amides is 1. The van der Waals surface area contributed by atoms with Crippen LogP contribution >= 0.6 is 0 Å². The van der Waals surface area contributed by atoms with E-state index in [1.807, 2.05) is 27.8 Å². The van der Waals surface area contributed by atoms with Gasteiger partial charge in [0.2, 0.25) is 5.91 Å². The van der Waals surface area contributed by atoms with Crippen LogP contribution in [0.2, 0.25) is 0 Å². The molecule has 0 radical (unpaired) electrons. The van der Waals surface area contributed by atoms with Gasteiger partial charge in [-0.25, -0.2) is 9.97 Å². The van der Waals surface area contributed by atoms with Gasteiger partial charge in [0.05, 0.1) is 0 Å². The second-order valence-electron chi connectivity index (χ2n) is 4.95. The van der Waals surface area contributed by atoms with Crippen molar-refractivity contribution in [3.8, 4) is 0 Å². The molecule has 1 fully saturated rings. The summed E-state index contributed by atoms with van der Waals surface area (Å²) in [5, 5.41) is 6.03. The smallest absolute Gasteiger partial charge is 0.242 e. The maximum absolute atomic E-state index is 12.0. The van der Waals surface area contributed by atoms with Crippen molar-refractivity contribution in [1.82, 2.24) is 15.3 Å². The molecule has 1 saturated heterocycles. The Labute approximate surface area is 120 Å². The minimum atomic E-state index is -0.147. The molecule has 1 unspecified atom stereocenters. The van der Waals surface area contributed by atoms with Gasteiger partial charge in [-0.05, 0) is 13.3 Å². The molecule has 1 aromatic heterocycles. The highest BCUT2D eigenvalue weighted by Gasteiger charge is 2.30. The normalized spacial score (nSPS) is 18.9. The molecule has 2 N–H and O–H groups in total. The molecular formula is C14H23N5O. The van der Waals surface area contributed by atoms with E-state index in [0.717, 1.165) is 42.4 Å². The summed E-state index contributed by atoms with van der Waals surface area (Å²) in [6.45, 7) is 7.51. The highest BCUT2D eigenvalue weighted by molar-refractivity contribution is 5.86. The van der Waals surface area contributed by atoms with Crippen LogP contribution in [-0.2, 0) is 11.2 Å². The number of aryl methyl sites for hydroxylation is 1. The van der Waals surface area contributed by atoms with Crippen LogP contribution in [0.4, 0.5) is 11.6 Å². The number of carbonyl (C=O) groups excluding carboxylic acids is 1. The summed E-state index contributed by atoms with van der Waals surface area (Å²) in [6, 6.07) is -0.147. The van der Waals surface area contributed by atoms with Gasteiger partial charge in [0.25, 0.3) is 0 Å². The fourth-order valence-electron chi connectivity index (χ4n) is 2.61. The van der Waals surface area contributed by atoms with Gasteiger partial charge in [-0.15, -0.1) is 0 Å². The van der Waals surface area contributed by atoms with Crippen LogP contribution in [0.1, 0.15) is 31.7 Å². The van der Waals surface area contributed by atoms with Gasteiger partial charge in [-0.3, -0.25) is 4.79 Å². The predicted octanol–water partition coefficient (Wildman–Crippen LogP) is 1.10. The fraction of sp³-hybridized carbons (Fsp3) is 0.643. The molecule has 1 aliphatic heterocycles. The lowest BCUT2D eigenvalue weighted by molar-refractivity contribution is -0.123. The Morgan fingerprint density at radius 2 is 2.15 bits per heavy atom. The maximum atomic E-state index is 12.0. The van der Waals surface area contributed by atoms with Crippen LogP contribution in [0.25, 0.3) is 0 Å². The van der Waals surface area contributed by atoms with Crippen LogP contribution in [-0.4, -0.2) is 42.1 Å². The summed E-state index contributed by atoms with van der Waals surface area (Å²) < 4.78 is 0. The topological polar surface area (TPSA) is 70.2 Å². The van der Waals surface area contributed by atoms with Crippen LogP contribution in [0.15, 0.2) is 0 Å². The van der Waals surface area contributed by atoms with Crippen LogP contribution < -0.4 is 15.5 Å². The molecule has 1 aromatic rings. The van der Waals surface area contributed by atoms with E-state index in [2.05, 4.69) is 25.5 Å². The SMILES string of the molecule is CCc1nc(NC)c(C)c(N2CCNC(=O)C2CC)n1. The summed E-state index contributed by atoms with van der Waals surface area (Å²) >= 11 is 0. The Balaban J connectivity index is 2.46. The molecule has 20 heavy (non-hydrogen) atoms. The number of carbonyl (C=O) groups is 1. The monoisotopic (exact) mass is 277 g/mol. The zero-order chi connectivity index (χ0) is 14.7. The zero-order valence-corrected chi connectivity index (χ0v) is 12.7. The van der Waals surface area contributed by atoms with E-state index in [-0.39, 0.29) is 11.9 Å². The molecule has 110 valence electrons. The third-order valence-electron chi connectivity index (χ3n) is 3.71. The van der Waals surface area contributed by atoms with Crippen molar-refractivity contribution in [3.63, 3.8) is 0 Å². The van der Waals surface area contributed by atoms with Gasteiger partial charge >= 0.3 is 0 Å². The summed E-state index contributed by atoms with van der Waals surface area (Å²) in [5.74, 6) is 2.60. The van der Waals surface area contributed by atoms with E-state index in [1.54, 1.807) is 0 Å². The van der Waals surface area contributed by atoms with Gasteiger partial charge in [0, 0.05) is 32.1 Å². The van der Waals surface area contributed by atoms with Crippen molar-refractivity contribution < 1.29 is 4.79 Å². The van der Waals surface area contributed by atoms with Gasteiger partial charge < -0.3 is 15.5 Å². The Bertz CT molecular complexity index is 503. The van der Waals surface area contributed by atoms with E-state index < -0.39 is 0 Å². The number of piperazine rings is 1. The first-order valence-electron chi connectivity index (χ1n) is 7.21. The third-order valence-corrected chi connectivity index (χ3v) is 3.71. The molecular weight excluding hydrogens is 254 g/mol. The molecule has 2 rings (SSSR count). The average molecular weight is 277 g/mol. The maximum Gasteiger partial charge on any atom is 0.242 e. The molecule has 0 saturated carbocycles. The van der Waals surface area contributed by atoms with Crippen molar-refractivity contribution >= 4 is 17.5 Å². The fourth-order valence-corrected chi connectivity index (χ4v) is 2.61. The molecule has 0 spiro atoms. The molecule has 0 aliphatic carbocycles. The number of nitrogens with zero attached hydrogens (tertiary/aromatic N) is 3. The summed E-state index contributed by atoms with van der Waals surface area (Å²) in [6.07, 6.45) is 1.55. The number of anilines is 2. The van der Waals surface area contributed by atoms with E-state index in [1.165, 1.54) is 0 Å². The minimum absolute atomic E-state index is 0.0841. The van der Waals surface area contributed by atoms with Crippen molar-refractivity contribution in [2.24, 2.45) is 0 Å². The lowest BCUT2D eigenvalue weighted by Crippen LogP contribution is -2.55. The van der Waals surface area contributed by atoms with Gasteiger partial charge in [0.1, 0.15) is 23.5 Å². The van der Waals surface area contributed by atoms with E-state index >= 15 is 0 Å². The van der Waals surface area contributed by atoms with Gasteiger partial charge in [0.15, 0.2) is 0 Å². The number of hydrogen-bond acceptors (Lipinski definition) is 5. The van der Waals surface area contributed by atoms with E-state index in [4.69, 9.17) is 0 Å². The molecule has 1 atom stereocenters. The second kappa shape index (κ2) is 6.07. The first kappa shape index (κ1) is 14.6. The highest BCUT2D eigenvalue weighted by Crippen LogP contribution is 2.26. The summed E-state index contributed by atoms with van der Waals surface area (Å²) in [4.78, 5) is 23.3. The first-order chi connectivity index (χ1) is 9.62. The number of nitrogens with one attached hydrogen (secondary N) is 2. The molecule has 6 heteroatoms. The lowest BCUT2D eigenvalue weighted by Gasteiger charge is -2.36. The van der Waals surface area contributed by atoms with Crippen molar-refractivity contribution in [1.29, 1.82) is 0 Å². The van der Waals surface area contributed by atoms with Crippen molar-refractivity contribution in [2.45, 2.75) is 39.7 Å². The highest BCUT2D eigenvalue weighted by atomic mass is 16.2. The largest absolute Gasteiger partial charge is 0.373 e. The van der Waals surface area contributed by atoms with Crippen LogP contribution in [0, 0.1) is 6.92 Å². The second-order valence-corrected chi connectivity index (χ2v) is 4.95. The molecule has 1 amide bonds. The Hall–Kier alpha value is -1.85. The average Bonchev–Trinajstić information content (AvgIpc) is 2.47. The standard InChI is InChI=1S/C14H23N5O/c1-5-10-14(20)16-7-8-19(10)13-9(3)12(15-4)17-11(6-2)18-13/h10H,5-8H2,1-4H3,(H,16,20)(H,15,17,18). The zero-order valence-electron chi connectivity index (χ0n) is 12.7. The van der Waals surface area contributed by atoms with Crippen LogP contribution in [0.3, 0.4) is 0 Å². The molecule has 0 aromatic carbocycles. The van der Waals surface area contributed by atoms with Crippen LogP contribution in [0.5, 0.6) is 0 Å². The Kier molecular flexibility index (Phi) is 4.42. The third kappa shape index (κ3) is 2.55. The molecule has 2 heterocycles. The number of rotatable bonds is 4. The summed E-state index contributed by atoms with van der Waals surface area (Å²) in [5.41, 5.74) is 0.998.